The fourth-order valence-electron chi connectivity index (χ4n) is 2.57. The summed E-state index contributed by atoms with van der Waals surface area (Å²) in [6.07, 6.45) is 3.79. The zero-order valence-electron chi connectivity index (χ0n) is 15.4. The minimum absolute atomic E-state index is 0.185. The van der Waals surface area contributed by atoms with E-state index in [2.05, 4.69) is 25.8 Å². The SMILES string of the molecule is COC(=O)CCC1(NC(=O)CNC(=O)c2cccc(N=CNN)c2)C=CSC1. The third-order valence-corrected chi connectivity index (χ3v) is 5.03. The minimum Gasteiger partial charge on any atom is -0.469 e. The summed E-state index contributed by atoms with van der Waals surface area (Å²) in [5, 5.41) is 7.37. The van der Waals surface area contributed by atoms with Gasteiger partial charge in [0.15, 0.2) is 0 Å². The number of ether oxygens (including phenoxy) is 1. The van der Waals surface area contributed by atoms with E-state index < -0.39 is 11.4 Å². The van der Waals surface area contributed by atoms with Crippen LogP contribution in [0.15, 0.2) is 40.7 Å². The number of amides is 2. The molecule has 2 amide bonds. The molecule has 28 heavy (non-hydrogen) atoms. The van der Waals surface area contributed by atoms with Gasteiger partial charge in [0.2, 0.25) is 5.91 Å². The molecule has 150 valence electrons. The third-order valence-electron chi connectivity index (χ3n) is 4.02. The maximum Gasteiger partial charge on any atom is 0.305 e. The number of methoxy groups -OCH3 is 1. The van der Waals surface area contributed by atoms with Crippen LogP contribution in [0.25, 0.3) is 0 Å². The zero-order valence-corrected chi connectivity index (χ0v) is 16.3. The summed E-state index contributed by atoms with van der Waals surface area (Å²) in [7, 11) is 1.33. The Hall–Kier alpha value is -2.85. The number of rotatable bonds is 9. The molecule has 1 aliphatic heterocycles. The summed E-state index contributed by atoms with van der Waals surface area (Å²) in [5.41, 5.74) is 2.58. The minimum atomic E-state index is -0.621. The van der Waals surface area contributed by atoms with Crippen molar-refractivity contribution in [1.29, 1.82) is 0 Å². The zero-order chi connectivity index (χ0) is 20.4. The lowest BCUT2D eigenvalue weighted by Crippen LogP contribution is -2.51. The van der Waals surface area contributed by atoms with E-state index in [1.54, 1.807) is 36.0 Å². The summed E-state index contributed by atoms with van der Waals surface area (Å²) in [6, 6.07) is 6.60. The van der Waals surface area contributed by atoms with Gasteiger partial charge in [-0.1, -0.05) is 12.1 Å². The number of carbonyl (C=O) groups excluding carboxylic acids is 3. The van der Waals surface area contributed by atoms with Crippen molar-refractivity contribution in [3.8, 4) is 0 Å². The molecule has 1 unspecified atom stereocenters. The number of carbonyl (C=O) groups is 3. The van der Waals surface area contributed by atoms with E-state index in [1.807, 2.05) is 11.5 Å². The molecule has 1 aliphatic rings. The highest BCUT2D eigenvalue weighted by Gasteiger charge is 2.32. The lowest BCUT2D eigenvalue weighted by Gasteiger charge is -2.28. The molecule has 0 saturated carbocycles. The van der Waals surface area contributed by atoms with Crippen molar-refractivity contribution in [2.75, 3.05) is 19.4 Å². The van der Waals surface area contributed by atoms with Crippen LogP contribution in [0.4, 0.5) is 5.69 Å². The van der Waals surface area contributed by atoms with Crippen LogP contribution >= 0.6 is 11.8 Å². The largest absolute Gasteiger partial charge is 0.469 e. The van der Waals surface area contributed by atoms with E-state index >= 15 is 0 Å². The smallest absolute Gasteiger partial charge is 0.305 e. The molecule has 10 heteroatoms. The molecular formula is C18H23N5O4S. The Balaban J connectivity index is 1.90. The molecule has 2 rings (SSSR count). The van der Waals surface area contributed by atoms with Gasteiger partial charge in [0.05, 0.1) is 24.9 Å². The van der Waals surface area contributed by atoms with Crippen molar-refractivity contribution in [2.45, 2.75) is 18.4 Å². The lowest BCUT2D eigenvalue weighted by molar-refractivity contribution is -0.141. The van der Waals surface area contributed by atoms with Crippen LogP contribution in [0.3, 0.4) is 0 Å². The van der Waals surface area contributed by atoms with Crippen LogP contribution in [-0.2, 0) is 14.3 Å². The monoisotopic (exact) mass is 405 g/mol. The molecule has 0 saturated heterocycles. The lowest BCUT2D eigenvalue weighted by atomic mass is 9.95. The first-order valence-electron chi connectivity index (χ1n) is 8.52. The average molecular weight is 405 g/mol. The molecule has 0 radical (unpaired) electrons. The van der Waals surface area contributed by atoms with Crippen molar-refractivity contribution in [1.82, 2.24) is 16.1 Å². The van der Waals surface area contributed by atoms with Gasteiger partial charge >= 0.3 is 5.97 Å². The number of esters is 1. The molecule has 9 nitrogen and oxygen atoms in total. The van der Waals surface area contributed by atoms with Crippen LogP contribution in [0.5, 0.6) is 0 Å². The van der Waals surface area contributed by atoms with Crippen LogP contribution in [-0.4, -0.2) is 49.1 Å². The quantitative estimate of drug-likeness (QED) is 0.155. The number of hydrazine groups is 1. The van der Waals surface area contributed by atoms with Crippen LogP contribution < -0.4 is 21.9 Å². The Kier molecular flexibility index (Phi) is 8.02. The van der Waals surface area contributed by atoms with Crippen LogP contribution in [0.2, 0.25) is 0 Å². The summed E-state index contributed by atoms with van der Waals surface area (Å²) in [4.78, 5) is 40.0. The van der Waals surface area contributed by atoms with Gasteiger partial charge in [-0.3, -0.25) is 14.4 Å². The van der Waals surface area contributed by atoms with E-state index in [4.69, 9.17) is 5.84 Å². The van der Waals surface area contributed by atoms with E-state index in [-0.39, 0.29) is 24.8 Å². The molecular weight excluding hydrogens is 382 g/mol. The van der Waals surface area contributed by atoms with Crippen molar-refractivity contribution in [2.24, 2.45) is 10.8 Å². The molecule has 1 aromatic carbocycles. The van der Waals surface area contributed by atoms with Gasteiger partial charge in [-0.05, 0) is 30.0 Å². The van der Waals surface area contributed by atoms with Gasteiger partial charge < -0.3 is 20.8 Å². The predicted octanol–water partition coefficient (Wildman–Crippen LogP) is 0.608. The highest BCUT2D eigenvalue weighted by molar-refractivity contribution is 8.02. The van der Waals surface area contributed by atoms with Crippen LogP contribution in [0.1, 0.15) is 23.2 Å². The number of nitrogens with zero attached hydrogens (tertiary/aromatic N) is 1. The van der Waals surface area contributed by atoms with Crippen LogP contribution in [0, 0.1) is 0 Å². The summed E-state index contributed by atoms with van der Waals surface area (Å²) in [5.74, 6) is 4.68. The molecule has 0 bridgehead atoms. The molecule has 5 N–H and O–H groups in total. The Labute approximate surface area is 167 Å². The van der Waals surface area contributed by atoms with Gasteiger partial charge in [0.1, 0.15) is 6.34 Å². The van der Waals surface area contributed by atoms with E-state index in [0.29, 0.717) is 23.4 Å². The van der Waals surface area contributed by atoms with E-state index in [9.17, 15) is 14.4 Å². The first kappa shape index (κ1) is 21.5. The van der Waals surface area contributed by atoms with E-state index in [1.165, 1.54) is 13.4 Å². The molecule has 0 aromatic heterocycles. The summed E-state index contributed by atoms with van der Waals surface area (Å²) >= 11 is 1.55. The maximum absolute atomic E-state index is 12.3. The highest BCUT2D eigenvalue weighted by atomic mass is 32.2. The van der Waals surface area contributed by atoms with Gasteiger partial charge in [-0.15, -0.1) is 11.8 Å². The third kappa shape index (κ3) is 6.39. The molecule has 0 fully saturated rings. The Morgan fingerprint density at radius 3 is 2.89 bits per heavy atom. The first-order chi connectivity index (χ1) is 13.5. The van der Waals surface area contributed by atoms with Gasteiger partial charge in [-0.25, -0.2) is 10.8 Å². The number of hydrogen-bond donors (Lipinski definition) is 4. The predicted molar refractivity (Wildman–Crippen MR) is 108 cm³/mol. The number of hydrogen-bond acceptors (Lipinski definition) is 7. The fourth-order valence-corrected chi connectivity index (χ4v) is 3.63. The fraction of sp³-hybridized carbons (Fsp3) is 0.333. The molecule has 1 aromatic rings. The number of nitrogens with two attached hydrogens (primary N) is 1. The van der Waals surface area contributed by atoms with Crippen molar-refractivity contribution < 1.29 is 19.1 Å². The maximum atomic E-state index is 12.3. The van der Waals surface area contributed by atoms with Crippen molar-refractivity contribution >= 4 is 41.6 Å². The molecule has 1 atom stereocenters. The summed E-state index contributed by atoms with van der Waals surface area (Å²) in [6.45, 7) is -0.185. The first-order valence-corrected chi connectivity index (χ1v) is 9.57. The van der Waals surface area contributed by atoms with Gasteiger partial charge in [0, 0.05) is 17.7 Å². The number of thioether (sulfide) groups is 1. The Bertz CT molecular complexity index is 783. The second-order valence-corrected chi connectivity index (χ2v) is 6.95. The molecule has 0 aliphatic carbocycles. The standard InChI is InChI=1S/C18H23N5O4S/c1-27-16(25)5-6-18(7-8-28-11-18)23-15(24)10-20-17(26)13-3-2-4-14(9-13)21-12-22-19/h2-4,7-9,12H,5-6,10-11,19H2,1H3,(H,20,26)(H,21,22)(H,23,24). The second-order valence-electron chi connectivity index (χ2n) is 6.05. The second kappa shape index (κ2) is 10.5. The number of aliphatic imine (C=N–C) groups is 1. The molecule has 1 heterocycles. The van der Waals surface area contributed by atoms with Gasteiger partial charge in [0.25, 0.3) is 5.91 Å². The Morgan fingerprint density at radius 1 is 1.39 bits per heavy atom. The topological polar surface area (TPSA) is 135 Å². The normalized spacial score (nSPS) is 18.1. The van der Waals surface area contributed by atoms with Crippen molar-refractivity contribution in [3.63, 3.8) is 0 Å². The Morgan fingerprint density at radius 2 is 2.21 bits per heavy atom. The van der Waals surface area contributed by atoms with E-state index in [0.717, 1.165) is 0 Å². The summed E-state index contributed by atoms with van der Waals surface area (Å²) < 4.78 is 4.66. The average Bonchev–Trinajstić information content (AvgIpc) is 3.17. The molecule has 0 spiro atoms. The van der Waals surface area contributed by atoms with Crippen molar-refractivity contribution in [3.05, 3.63) is 41.3 Å². The number of nitrogens with one attached hydrogen (secondary N) is 3. The number of benzene rings is 1. The highest BCUT2D eigenvalue weighted by Crippen LogP contribution is 2.29. The van der Waals surface area contributed by atoms with Gasteiger partial charge in [-0.2, -0.15) is 0 Å².